The van der Waals surface area contributed by atoms with Gasteiger partial charge >= 0.3 is 0 Å². The van der Waals surface area contributed by atoms with Crippen LogP contribution in [-0.2, 0) is 49.2 Å². The van der Waals surface area contributed by atoms with Crippen molar-refractivity contribution in [1.82, 2.24) is 39.4 Å². The molecule has 3 atom stereocenters. The fraction of sp³-hybridized carbons (Fsp3) is 0.673. The largest absolute Gasteiger partial charge is 0.487 e. The summed E-state index contributed by atoms with van der Waals surface area (Å²) in [6.07, 6.45) is 15.9. The average Bonchev–Trinajstić information content (AvgIpc) is 4.11. The van der Waals surface area contributed by atoms with Gasteiger partial charge in [0.05, 0.1) is 137 Å². The van der Waals surface area contributed by atoms with E-state index in [1.807, 2.05) is 25.3 Å². The minimum absolute atomic E-state index is 0.251. The summed E-state index contributed by atoms with van der Waals surface area (Å²) in [5.41, 5.74) is 2.72. The van der Waals surface area contributed by atoms with Crippen molar-refractivity contribution in [2.24, 2.45) is 0 Å². The highest BCUT2D eigenvalue weighted by Crippen LogP contribution is 2.39. The van der Waals surface area contributed by atoms with Gasteiger partial charge in [-0.15, -0.1) is 5.10 Å². The fourth-order valence-corrected chi connectivity index (χ4v) is 8.92. The number of nitriles is 1. The monoisotopic (exact) mass is 977 g/mol. The first-order valence-corrected chi connectivity index (χ1v) is 24.8. The predicted molar refractivity (Wildman–Crippen MR) is 256 cm³/mol. The summed E-state index contributed by atoms with van der Waals surface area (Å²) in [5.74, 6) is 1.38. The summed E-state index contributed by atoms with van der Waals surface area (Å²) in [4.78, 5) is 16.1. The summed E-state index contributed by atoms with van der Waals surface area (Å²) in [7, 11) is 1.65. The molecule has 21 nitrogen and oxygen atoms in total. The minimum atomic E-state index is -0.251. The second-order valence-electron chi connectivity index (χ2n) is 17.4. The molecule has 7 rings (SSSR count). The first-order valence-electron chi connectivity index (χ1n) is 24.8. The molecule has 0 radical (unpaired) electrons. The third-order valence-corrected chi connectivity index (χ3v) is 12.4. The van der Waals surface area contributed by atoms with Crippen molar-refractivity contribution < 1.29 is 52.1 Å². The van der Waals surface area contributed by atoms with Crippen molar-refractivity contribution in [3.05, 3.63) is 55.0 Å². The number of nitrogens with one attached hydrogen (secondary N) is 1. The lowest BCUT2D eigenvalue weighted by Crippen LogP contribution is -2.52. The van der Waals surface area contributed by atoms with Gasteiger partial charge in [-0.05, 0) is 63.1 Å². The molecule has 1 saturated carbocycles. The summed E-state index contributed by atoms with van der Waals surface area (Å²) in [6, 6.07) is 9.65. The highest BCUT2D eigenvalue weighted by atomic mass is 16.6. The van der Waals surface area contributed by atoms with Gasteiger partial charge in [-0.2, -0.15) is 10.4 Å². The molecule has 1 aromatic carbocycles. The van der Waals surface area contributed by atoms with Gasteiger partial charge in [0.2, 0.25) is 5.95 Å². The maximum atomic E-state index is 9.78. The number of methoxy groups -OCH3 is 1. The Morgan fingerprint density at radius 3 is 1.86 bits per heavy atom. The number of rotatable bonds is 35. The standard InChI is InChI=1S/C49H72N10O11/c1-38(32-57-37-51-36-54-57)70-47-28-39(4-5-40(47)29-50)41-30-52-49(53-31-41)55-46-33-58(42-6-8-43(9-7-42)59-44-10-11-45(59)35-68-34-44)56-48(46)69-13-3-12-61-16-17-63-20-21-65-24-25-67-27-26-66-23-22-64-19-18-62-15-14-60-2/h4-5,28,30-31,33,36-38,42-45H,3,6-27,32,34-35H2,1-2H3,(H,52,53,55)/t38-,42-,43-,44-,45+/m0/s1. The fourth-order valence-electron chi connectivity index (χ4n) is 8.92. The van der Waals surface area contributed by atoms with Crippen molar-refractivity contribution in [3.63, 3.8) is 0 Å². The van der Waals surface area contributed by atoms with Crippen LogP contribution in [0.2, 0.25) is 0 Å². The molecule has 21 heteroatoms. The molecule has 3 aliphatic rings. The van der Waals surface area contributed by atoms with Gasteiger partial charge in [0.25, 0.3) is 5.88 Å². The summed E-state index contributed by atoms with van der Waals surface area (Å²) < 4.78 is 66.0. The van der Waals surface area contributed by atoms with E-state index in [0.717, 1.165) is 50.0 Å². The van der Waals surface area contributed by atoms with E-state index in [1.54, 1.807) is 36.6 Å². The minimum Gasteiger partial charge on any atom is -0.487 e. The second kappa shape index (κ2) is 30.1. The Morgan fingerprint density at radius 1 is 0.714 bits per heavy atom. The van der Waals surface area contributed by atoms with Crippen LogP contribution in [0, 0.1) is 11.3 Å². The molecule has 1 aliphatic carbocycles. The predicted octanol–water partition coefficient (Wildman–Crippen LogP) is 4.89. The third-order valence-electron chi connectivity index (χ3n) is 12.4. The topological polar surface area (TPSA) is 215 Å². The number of morpholine rings is 1. The van der Waals surface area contributed by atoms with Gasteiger partial charge in [-0.25, -0.2) is 19.6 Å². The molecule has 70 heavy (non-hydrogen) atoms. The molecule has 3 fully saturated rings. The Labute approximate surface area is 411 Å². The van der Waals surface area contributed by atoms with Crippen LogP contribution in [0.3, 0.4) is 0 Å². The first kappa shape index (κ1) is 53.0. The molecular formula is C49H72N10O11. The van der Waals surface area contributed by atoms with Crippen molar-refractivity contribution in [2.45, 2.75) is 88.7 Å². The molecule has 4 aromatic rings. The van der Waals surface area contributed by atoms with E-state index in [9.17, 15) is 5.26 Å². The maximum absolute atomic E-state index is 9.78. The lowest BCUT2D eigenvalue weighted by Gasteiger charge is -2.43. The smallest absolute Gasteiger partial charge is 0.256 e. The SMILES string of the molecule is COCCOCCOCCOCCOCCOCCOCCOCCCOc1nn([C@H]2CC[C@H](N3[C@@H]4CC[C@H]3COC4)CC2)cc1Nc1ncc(-c2ccc(C#N)c(O[C@@H](C)Cn3cncn3)c2)cn1. The molecule has 0 amide bonds. The van der Waals surface area contributed by atoms with Crippen LogP contribution in [0.25, 0.3) is 11.1 Å². The number of fused-ring (bicyclic) bond motifs is 2. The van der Waals surface area contributed by atoms with Crippen LogP contribution >= 0.6 is 0 Å². The normalized spacial score (nSPS) is 19.6. The molecule has 1 N–H and O–H groups in total. The maximum Gasteiger partial charge on any atom is 0.256 e. The lowest BCUT2D eigenvalue weighted by atomic mass is 9.89. The van der Waals surface area contributed by atoms with Crippen LogP contribution < -0.4 is 14.8 Å². The highest BCUT2D eigenvalue weighted by molar-refractivity contribution is 5.67. The number of nitrogens with zero attached hydrogens (tertiary/aromatic N) is 9. The van der Waals surface area contributed by atoms with Gasteiger partial charge in [0.15, 0.2) is 0 Å². The number of anilines is 2. The Balaban J connectivity index is 0.809. The Hall–Kier alpha value is -4.86. The van der Waals surface area contributed by atoms with Crippen LogP contribution in [0.4, 0.5) is 11.6 Å². The van der Waals surface area contributed by atoms with E-state index in [1.165, 1.54) is 19.2 Å². The van der Waals surface area contributed by atoms with Crippen LogP contribution in [0.1, 0.15) is 63.5 Å². The molecule has 2 aliphatic heterocycles. The zero-order valence-electron chi connectivity index (χ0n) is 40.9. The molecule has 2 saturated heterocycles. The first-order chi connectivity index (χ1) is 34.6. The average molecular weight is 977 g/mol. The lowest BCUT2D eigenvalue weighted by molar-refractivity contribution is -0.0458. The molecule has 3 aromatic heterocycles. The van der Waals surface area contributed by atoms with Crippen molar-refractivity contribution in [3.8, 4) is 28.8 Å². The number of hydrogen-bond acceptors (Lipinski definition) is 19. The Morgan fingerprint density at radius 2 is 1.29 bits per heavy atom. The van der Waals surface area contributed by atoms with E-state index in [2.05, 4.69) is 41.0 Å². The second-order valence-corrected chi connectivity index (χ2v) is 17.4. The molecule has 5 heterocycles. The molecule has 0 unspecified atom stereocenters. The van der Waals surface area contributed by atoms with E-state index in [-0.39, 0.29) is 12.1 Å². The summed E-state index contributed by atoms with van der Waals surface area (Å²) in [6.45, 7) is 12.2. The number of aromatic nitrogens is 7. The quantitative estimate of drug-likeness (QED) is 0.0608. The van der Waals surface area contributed by atoms with Crippen molar-refractivity contribution >= 4 is 11.6 Å². The zero-order valence-corrected chi connectivity index (χ0v) is 40.9. The zero-order chi connectivity index (χ0) is 48.4. The van der Waals surface area contributed by atoms with Gasteiger partial charge < -0.3 is 57.4 Å². The van der Waals surface area contributed by atoms with E-state index < -0.39 is 0 Å². The van der Waals surface area contributed by atoms with Crippen LogP contribution in [-0.4, -0.2) is 190 Å². The highest BCUT2D eigenvalue weighted by Gasteiger charge is 2.42. The summed E-state index contributed by atoms with van der Waals surface area (Å²) >= 11 is 0. The van der Waals surface area contributed by atoms with Gasteiger partial charge in [0.1, 0.15) is 36.3 Å². The molecule has 384 valence electrons. The van der Waals surface area contributed by atoms with Crippen molar-refractivity contribution in [1.29, 1.82) is 5.26 Å². The summed E-state index contributed by atoms with van der Waals surface area (Å²) in [5, 5.41) is 22.3. The third kappa shape index (κ3) is 17.2. The molecular weight excluding hydrogens is 905 g/mol. The van der Waals surface area contributed by atoms with Crippen LogP contribution in [0.5, 0.6) is 11.6 Å². The van der Waals surface area contributed by atoms with E-state index >= 15 is 0 Å². The van der Waals surface area contributed by atoms with E-state index in [4.69, 9.17) is 57.2 Å². The number of hydrogen-bond donors (Lipinski definition) is 1. The van der Waals surface area contributed by atoms with Gasteiger partial charge in [-0.3, -0.25) is 9.58 Å². The van der Waals surface area contributed by atoms with E-state index in [0.29, 0.717) is 166 Å². The number of benzene rings is 1. The molecule has 0 spiro atoms. The van der Waals surface area contributed by atoms with Gasteiger partial charge in [0, 0.05) is 56.2 Å². The van der Waals surface area contributed by atoms with Gasteiger partial charge in [-0.1, -0.05) is 6.07 Å². The molecule has 2 bridgehead atoms. The Bertz CT molecular complexity index is 2070. The van der Waals surface area contributed by atoms with Crippen molar-refractivity contribution in [2.75, 3.05) is 131 Å². The van der Waals surface area contributed by atoms with Crippen LogP contribution in [0.15, 0.2) is 49.4 Å². The Kier molecular flexibility index (Phi) is 22.8. The number of ether oxygens (including phenoxy) is 11.